The molecule has 11 heavy (non-hydrogen) atoms. The van der Waals surface area contributed by atoms with Crippen molar-refractivity contribution in [1.82, 2.24) is 0 Å². The van der Waals surface area contributed by atoms with E-state index in [9.17, 15) is 4.91 Å². The first-order valence-electron chi connectivity index (χ1n) is 3.14. The van der Waals surface area contributed by atoms with Crippen molar-refractivity contribution in [3.63, 3.8) is 0 Å². The molecule has 0 aromatic heterocycles. The molecule has 1 aromatic carbocycles. The Labute approximate surface area is 64.2 Å². The maximum Gasteiger partial charge on any atom is 0.115 e. The minimum atomic E-state index is 0.308. The Morgan fingerprint density at radius 2 is 2.00 bits per heavy atom. The van der Waals surface area contributed by atoms with Crippen molar-refractivity contribution in [2.45, 2.75) is 6.92 Å². The predicted molar refractivity (Wildman–Crippen MR) is 45.5 cm³/mol. The van der Waals surface area contributed by atoms with E-state index in [0.29, 0.717) is 22.6 Å². The number of nitrogens with zero attached hydrogens (tertiary/aromatic N) is 1. The summed E-state index contributed by atoms with van der Waals surface area (Å²) in [4.78, 5) is 10.2. The van der Waals surface area contributed by atoms with Gasteiger partial charge in [0.2, 0.25) is 0 Å². The van der Waals surface area contributed by atoms with Crippen LogP contribution in [-0.2, 0) is 0 Å². The number of hydrogen-bond donors (Lipinski definition) is 2. The molecular weight excluding hydrogens is 142 g/mol. The van der Waals surface area contributed by atoms with E-state index >= 15 is 0 Å². The lowest BCUT2D eigenvalue weighted by Gasteiger charge is -2.02. The Bertz CT molecular complexity index is 296. The first-order valence-corrected chi connectivity index (χ1v) is 3.14. The number of hydrogen-bond acceptors (Lipinski definition) is 4. The van der Waals surface area contributed by atoms with E-state index in [1.165, 1.54) is 6.07 Å². The van der Waals surface area contributed by atoms with Crippen LogP contribution in [0.5, 0.6) is 0 Å². The molecule has 0 bridgehead atoms. The van der Waals surface area contributed by atoms with Crippen molar-refractivity contribution in [2.75, 3.05) is 11.5 Å². The van der Waals surface area contributed by atoms with Crippen molar-refractivity contribution in [3.05, 3.63) is 22.6 Å². The maximum absolute atomic E-state index is 10.2. The van der Waals surface area contributed by atoms with Gasteiger partial charge in [-0.05, 0) is 24.2 Å². The smallest absolute Gasteiger partial charge is 0.115 e. The molecule has 4 heteroatoms. The summed E-state index contributed by atoms with van der Waals surface area (Å²) in [6.45, 7) is 1.73. The number of nitrogen functional groups attached to an aromatic ring is 2. The molecule has 0 fully saturated rings. The molecule has 0 unspecified atom stereocenters. The van der Waals surface area contributed by atoms with Gasteiger partial charge in [-0.15, -0.1) is 4.91 Å². The van der Waals surface area contributed by atoms with Crippen LogP contribution in [0.25, 0.3) is 0 Å². The van der Waals surface area contributed by atoms with Crippen molar-refractivity contribution in [2.24, 2.45) is 5.18 Å². The third-order valence-corrected chi connectivity index (χ3v) is 1.54. The molecule has 0 aliphatic carbocycles. The van der Waals surface area contributed by atoms with Gasteiger partial charge in [0, 0.05) is 16.9 Å². The Balaban J connectivity index is 3.35. The van der Waals surface area contributed by atoms with E-state index in [1.54, 1.807) is 13.0 Å². The lowest BCUT2D eigenvalue weighted by atomic mass is 10.1. The molecule has 0 radical (unpaired) electrons. The van der Waals surface area contributed by atoms with Crippen LogP contribution in [0.1, 0.15) is 5.56 Å². The fourth-order valence-electron chi connectivity index (χ4n) is 0.838. The summed E-state index contributed by atoms with van der Waals surface area (Å²) in [7, 11) is 0. The summed E-state index contributed by atoms with van der Waals surface area (Å²) in [5, 5.41) is 2.78. The monoisotopic (exact) mass is 151 g/mol. The van der Waals surface area contributed by atoms with E-state index < -0.39 is 0 Å². The third-order valence-electron chi connectivity index (χ3n) is 1.54. The Kier molecular flexibility index (Phi) is 1.76. The van der Waals surface area contributed by atoms with Crippen LogP contribution in [0.2, 0.25) is 0 Å². The van der Waals surface area contributed by atoms with Crippen LogP contribution < -0.4 is 11.5 Å². The first kappa shape index (κ1) is 7.53. The van der Waals surface area contributed by atoms with E-state index in [4.69, 9.17) is 11.5 Å². The van der Waals surface area contributed by atoms with Gasteiger partial charge in [-0.25, -0.2) is 0 Å². The number of anilines is 2. The fraction of sp³-hybridized carbons (Fsp3) is 0.143. The summed E-state index contributed by atoms with van der Waals surface area (Å²) in [5.74, 6) is 0. The molecule has 0 amide bonds. The van der Waals surface area contributed by atoms with E-state index in [1.807, 2.05) is 0 Å². The van der Waals surface area contributed by atoms with Crippen molar-refractivity contribution in [3.8, 4) is 0 Å². The van der Waals surface area contributed by atoms with Crippen molar-refractivity contribution >= 4 is 17.1 Å². The third kappa shape index (κ3) is 1.29. The van der Waals surface area contributed by atoms with Crippen LogP contribution in [0.15, 0.2) is 17.3 Å². The van der Waals surface area contributed by atoms with Gasteiger partial charge in [-0.1, -0.05) is 0 Å². The normalized spacial score (nSPS) is 9.55. The molecule has 1 rings (SSSR count). The zero-order chi connectivity index (χ0) is 8.43. The Morgan fingerprint density at radius 1 is 1.36 bits per heavy atom. The average molecular weight is 151 g/mol. The standard InChI is InChI=1S/C7H9N3O/c1-4-6(9)2-5(8)3-7(4)10-11/h2-3H,8-9H2,1H3. The molecule has 58 valence electrons. The second kappa shape index (κ2) is 2.57. The minimum Gasteiger partial charge on any atom is -0.399 e. The number of nitroso groups, excluding NO2 is 1. The number of rotatable bonds is 1. The SMILES string of the molecule is Cc1c(N)cc(N)cc1N=O. The first-order chi connectivity index (χ1) is 5.15. The fourth-order valence-corrected chi connectivity index (χ4v) is 0.838. The molecule has 4 nitrogen and oxygen atoms in total. The highest BCUT2D eigenvalue weighted by Gasteiger charge is 2.02. The summed E-state index contributed by atoms with van der Waals surface area (Å²) in [6, 6.07) is 3.10. The molecule has 0 saturated carbocycles. The van der Waals surface area contributed by atoms with Crippen LogP contribution >= 0.6 is 0 Å². The zero-order valence-electron chi connectivity index (χ0n) is 6.16. The second-order valence-electron chi connectivity index (χ2n) is 2.35. The predicted octanol–water partition coefficient (Wildman–Crippen LogP) is 1.56. The molecule has 1 aromatic rings. The molecule has 0 aliphatic heterocycles. The van der Waals surface area contributed by atoms with Gasteiger partial charge < -0.3 is 11.5 Å². The van der Waals surface area contributed by atoms with Gasteiger partial charge >= 0.3 is 0 Å². The number of nitrogens with two attached hydrogens (primary N) is 2. The van der Waals surface area contributed by atoms with E-state index in [-0.39, 0.29) is 0 Å². The molecule has 0 saturated heterocycles. The van der Waals surface area contributed by atoms with Gasteiger partial charge in [-0.2, -0.15) is 0 Å². The van der Waals surface area contributed by atoms with Crippen LogP contribution in [-0.4, -0.2) is 0 Å². The van der Waals surface area contributed by atoms with Crippen molar-refractivity contribution in [1.29, 1.82) is 0 Å². The topological polar surface area (TPSA) is 81.5 Å². The molecule has 4 N–H and O–H groups in total. The highest BCUT2D eigenvalue weighted by molar-refractivity contribution is 5.67. The van der Waals surface area contributed by atoms with Gasteiger partial charge in [0.1, 0.15) is 5.69 Å². The highest BCUT2D eigenvalue weighted by atomic mass is 16.3. The molecule has 0 spiro atoms. The number of benzene rings is 1. The highest BCUT2D eigenvalue weighted by Crippen LogP contribution is 2.26. The molecule has 0 heterocycles. The van der Waals surface area contributed by atoms with Crippen LogP contribution in [0, 0.1) is 11.8 Å². The second-order valence-corrected chi connectivity index (χ2v) is 2.35. The van der Waals surface area contributed by atoms with E-state index in [2.05, 4.69) is 5.18 Å². The minimum absolute atomic E-state index is 0.308. The van der Waals surface area contributed by atoms with E-state index in [0.717, 1.165) is 0 Å². The summed E-state index contributed by atoms with van der Waals surface area (Å²) in [5.41, 5.74) is 12.9. The van der Waals surface area contributed by atoms with Gasteiger partial charge in [-0.3, -0.25) is 0 Å². The largest absolute Gasteiger partial charge is 0.399 e. The summed E-state index contributed by atoms with van der Waals surface area (Å²) >= 11 is 0. The lowest BCUT2D eigenvalue weighted by molar-refractivity contribution is 1.39. The van der Waals surface area contributed by atoms with Gasteiger partial charge in [0.05, 0.1) is 0 Å². The van der Waals surface area contributed by atoms with Crippen LogP contribution in [0.4, 0.5) is 17.1 Å². The Morgan fingerprint density at radius 3 is 2.55 bits per heavy atom. The van der Waals surface area contributed by atoms with Gasteiger partial charge in [0.25, 0.3) is 0 Å². The summed E-state index contributed by atoms with van der Waals surface area (Å²) in [6.07, 6.45) is 0. The molecule has 0 aliphatic rings. The average Bonchev–Trinajstić information content (AvgIpc) is 1.96. The Hall–Kier alpha value is -1.58. The lowest BCUT2D eigenvalue weighted by Crippen LogP contribution is -1.92. The quantitative estimate of drug-likeness (QED) is 0.472. The zero-order valence-corrected chi connectivity index (χ0v) is 6.16. The summed E-state index contributed by atoms with van der Waals surface area (Å²) < 4.78 is 0. The molecular formula is C7H9N3O. The van der Waals surface area contributed by atoms with Gasteiger partial charge in [0.15, 0.2) is 0 Å². The maximum atomic E-state index is 10.2. The van der Waals surface area contributed by atoms with Crippen LogP contribution in [0.3, 0.4) is 0 Å². The molecule has 0 atom stereocenters. The van der Waals surface area contributed by atoms with Crippen molar-refractivity contribution < 1.29 is 0 Å².